The summed E-state index contributed by atoms with van der Waals surface area (Å²) in [7, 11) is 0. The lowest BCUT2D eigenvalue weighted by molar-refractivity contribution is -0.122. The molecule has 1 heterocycles. The minimum atomic E-state index is 0.204. The largest absolute Gasteiger partial charge is 0.353 e. The number of nitrogens with one attached hydrogen (secondary N) is 1. The molecular formula is C7H13NO. The fourth-order valence-electron chi connectivity index (χ4n) is 1.16. The Morgan fingerprint density at radius 1 is 1.33 bits per heavy atom. The molecule has 0 saturated carbocycles. The first-order valence-corrected chi connectivity index (χ1v) is 3.43. The van der Waals surface area contributed by atoms with E-state index in [-0.39, 0.29) is 11.8 Å². The lowest BCUT2D eigenvalue weighted by Crippen LogP contribution is -2.24. The van der Waals surface area contributed by atoms with Crippen molar-refractivity contribution in [1.82, 2.24) is 5.32 Å². The molecule has 1 amide bonds. The van der Waals surface area contributed by atoms with Crippen LogP contribution < -0.4 is 5.32 Å². The molecular weight excluding hydrogens is 114 g/mol. The Balaban J connectivity index is 2.65. The molecule has 52 valence electrons. The summed E-state index contributed by atoms with van der Waals surface area (Å²) in [5.41, 5.74) is 0. The third-order valence-corrected chi connectivity index (χ3v) is 2.36. The Hall–Kier alpha value is -0.530. The summed E-state index contributed by atoms with van der Waals surface area (Å²) >= 11 is 0. The van der Waals surface area contributed by atoms with Gasteiger partial charge >= 0.3 is 0 Å². The lowest BCUT2D eigenvalue weighted by atomic mass is 9.95. The van der Waals surface area contributed by atoms with E-state index in [1.165, 1.54) is 0 Å². The highest BCUT2D eigenvalue weighted by atomic mass is 16.2. The average Bonchev–Trinajstić information content (AvgIpc) is 1.98. The predicted molar refractivity (Wildman–Crippen MR) is 35.9 cm³/mol. The average molecular weight is 127 g/mol. The van der Waals surface area contributed by atoms with Crippen LogP contribution >= 0.6 is 0 Å². The summed E-state index contributed by atoms with van der Waals surface area (Å²) in [5, 5.41) is 2.88. The van der Waals surface area contributed by atoms with Gasteiger partial charge in [-0.1, -0.05) is 13.8 Å². The van der Waals surface area contributed by atoms with Crippen LogP contribution in [0.25, 0.3) is 0 Å². The van der Waals surface area contributed by atoms with Crippen LogP contribution in [0.2, 0.25) is 0 Å². The van der Waals surface area contributed by atoms with Gasteiger partial charge in [0.25, 0.3) is 0 Å². The topological polar surface area (TPSA) is 29.1 Å². The van der Waals surface area contributed by atoms with Gasteiger partial charge in [-0.2, -0.15) is 0 Å². The van der Waals surface area contributed by atoms with E-state index in [1.807, 2.05) is 13.8 Å². The van der Waals surface area contributed by atoms with Crippen LogP contribution in [-0.2, 0) is 4.79 Å². The summed E-state index contributed by atoms with van der Waals surface area (Å²) in [4.78, 5) is 10.9. The Morgan fingerprint density at radius 2 is 1.89 bits per heavy atom. The van der Waals surface area contributed by atoms with Crippen molar-refractivity contribution in [3.05, 3.63) is 0 Å². The maximum Gasteiger partial charge on any atom is 0.223 e. The van der Waals surface area contributed by atoms with Crippen molar-refractivity contribution in [2.75, 3.05) is 0 Å². The number of amides is 1. The Morgan fingerprint density at radius 3 is 2.00 bits per heavy atom. The molecule has 0 aromatic carbocycles. The van der Waals surface area contributed by atoms with E-state index in [4.69, 9.17) is 0 Å². The Kier molecular flexibility index (Phi) is 1.47. The maximum atomic E-state index is 10.9. The van der Waals surface area contributed by atoms with E-state index >= 15 is 0 Å². The van der Waals surface area contributed by atoms with Gasteiger partial charge in [-0.25, -0.2) is 0 Å². The SMILES string of the molecule is C[C@H]1[C@H](C)NC(=O)[C@@H]1C. The fourth-order valence-corrected chi connectivity index (χ4v) is 1.16. The van der Waals surface area contributed by atoms with Crippen LogP contribution in [0.4, 0.5) is 0 Å². The maximum absolute atomic E-state index is 10.9. The minimum absolute atomic E-state index is 0.204. The number of hydrogen-bond donors (Lipinski definition) is 1. The lowest BCUT2D eigenvalue weighted by Gasteiger charge is -2.08. The molecule has 3 atom stereocenters. The second-order valence-corrected chi connectivity index (χ2v) is 2.95. The highest BCUT2D eigenvalue weighted by Crippen LogP contribution is 2.21. The van der Waals surface area contributed by atoms with E-state index < -0.39 is 0 Å². The quantitative estimate of drug-likeness (QED) is 0.512. The van der Waals surface area contributed by atoms with Crippen LogP contribution in [0.1, 0.15) is 20.8 Å². The second-order valence-electron chi connectivity index (χ2n) is 2.95. The second kappa shape index (κ2) is 2.01. The van der Waals surface area contributed by atoms with Crippen molar-refractivity contribution in [3.8, 4) is 0 Å². The van der Waals surface area contributed by atoms with E-state index in [9.17, 15) is 4.79 Å². The molecule has 9 heavy (non-hydrogen) atoms. The van der Waals surface area contributed by atoms with Crippen molar-refractivity contribution >= 4 is 5.91 Å². The van der Waals surface area contributed by atoms with Crippen LogP contribution in [0.15, 0.2) is 0 Å². The van der Waals surface area contributed by atoms with Gasteiger partial charge in [0.05, 0.1) is 0 Å². The van der Waals surface area contributed by atoms with Gasteiger partial charge in [0.2, 0.25) is 5.91 Å². The zero-order chi connectivity index (χ0) is 7.02. The highest BCUT2D eigenvalue weighted by molar-refractivity contribution is 5.81. The van der Waals surface area contributed by atoms with Crippen LogP contribution in [0, 0.1) is 11.8 Å². The summed E-state index contributed by atoms with van der Waals surface area (Å²) in [6.45, 7) is 6.13. The summed E-state index contributed by atoms with van der Waals surface area (Å²) in [6.07, 6.45) is 0. The normalized spacial score (nSPS) is 43.0. The van der Waals surface area contributed by atoms with Crippen LogP contribution in [0.5, 0.6) is 0 Å². The molecule has 1 N–H and O–H groups in total. The summed E-state index contributed by atoms with van der Waals surface area (Å²) < 4.78 is 0. The number of rotatable bonds is 0. The number of carbonyl (C=O) groups excluding carboxylic acids is 1. The monoisotopic (exact) mass is 127 g/mol. The van der Waals surface area contributed by atoms with Gasteiger partial charge in [0.15, 0.2) is 0 Å². The zero-order valence-electron chi connectivity index (χ0n) is 6.14. The van der Waals surface area contributed by atoms with Crippen molar-refractivity contribution < 1.29 is 4.79 Å². The first-order valence-electron chi connectivity index (χ1n) is 3.43. The van der Waals surface area contributed by atoms with Crippen LogP contribution in [-0.4, -0.2) is 11.9 Å². The zero-order valence-corrected chi connectivity index (χ0v) is 6.14. The molecule has 2 nitrogen and oxygen atoms in total. The molecule has 1 aliphatic rings. The standard InChI is InChI=1S/C7H13NO/c1-4-5(2)7(9)8-6(4)3/h4-6H,1-3H3,(H,8,9)/t4-,5-,6+/m1/s1. The van der Waals surface area contributed by atoms with E-state index in [0.717, 1.165) is 0 Å². The molecule has 0 unspecified atom stereocenters. The van der Waals surface area contributed by atoms with E-state index in [0.29, 0.717) is 12.0 Å². The van der Waals surface area contributed by atoms with Gasteiger partial charge < -0.3 is 5.32 Å². The van der Waals surface area contributed by atoms with Crippen molar-refractivity contribution in [2.24, 2.45) is 11.8 Å². The van der Waals surface area contributed by atoms with Gasteiger partial charge in [-0.15, -0.1) is 0 Å². The summed E-state index contributed by atoms with van der Waals surface area (Å²) in [6, 6.07) is 0.368. The molecule has 0 aliphatic carbocycles. The van der Waals surface area contributed by atoms with Crippen LogP contribution in [0.3, 0.4) is 0 Å². The number of hydrogen-bond acceptors (Lipinski definition) is 1. The van der Waals surface area contributed by atoms with E-state index in [1.54, 1.807) is 0 Å². The van der Waals surface area contributed by atoms with Gasteiger partial charge in [0, 0.05) is 12.0 Å². The van der Waals surface area contributed by atoms with Gasteiger partial charge in [-0.3, -0.25) is 4.79 Å². The predicted octanol–water partition coefficient (Wildman–Crippen LogP) is 0.777. The molecule has 2 heteroatoms. The third kappa shape index (κ3) is 0.934. The van der Waals surface area contributed by atoms with Gasteiger partial charge in [0.1, 0.15) is 0 Å². The molecule has 0 spiro atoms. The molecule has 0 aromatic rings. The highest BCUT2D eigenvalue weighted by Gasteiger charge is 2.32. The summed E-state index contributed by atoms with van der Waals surface area (Å²) in [5.74, 6) is 0.910. The van der Waals surface area contributed by atoms with E-state index in [2.05, 4.69) is 12.2 Å². The van der Waals surface area contributed by atoms with Gasteiger partial charge in [-0.05, 0) is 12.8 Å². The first kappa shape index (κ1) is 6.59. The molecule has 0 radical (unpaired) electrons. The molecule has 0 aromatic heterocycles. The molecule has 1 saturated heterocycles. The molecule has 0 bridgehead atoms. The molecule has 1 rings (SSSR count). The fraction of sp³-hybridized carbons (Fsp3) is 0.857. The van der Waals surface area contributed by atoms with Crippen molar-refractivity contribution in [2.45, 2.75) is 26.8 Å². The molecule has 1 aliphatic heterocycles. The third-order valence-electron chi connectivity index (χ3n) is 2.36. The number of carbonyl (C=O) groups is 1. The molecule has 1 fully saturated rings. The first-order chi connectivity index (χ1) is 4.13. The van der Waals surface area contributed by atoms with Crippen molar-refractivity contribution in [3.63, 3.8) is 0 Å². The Labute approximate surface area is 55.6 Å². The minimum Gasteiger partial charge on any atom is -0.353 e. The van der Waals surface area contributed by atoms with Crippen molar-refractivity contribution in [1.29, 1.82) is 0 Å². The smallest absolute Gasteiger partial charge is 0.223 e. The Bertz CT molecular complexity index is 133.